The normalized spacial score (nSPS) is 14.9. The van der Waals surface area contributed by atoms with Gasteiger partial charge in [0, 0.05) is 31.4 Å². The third-order valence-corrected chi connectivity index (χ3v) is 3.06. The van der Waals surface area contributed by atoms with Crippen LogP contribution in [0.4, 0.5) is 10.5 Å². The van der Waals surface area contributed by atoms with Crippen LogP contribution in [0.3, 0.4) is 0 Å². The van der Waals surface area contributed by atoms with Crippen molar-refractivity contribution in [2.45, 2.75) is 0 Å². The van der Waals surface area contributed by atoms with Crippen molar-refractivity contribution in [3.8, 4) is 5.75 Å². The van der Waals surface area contributed by atoms with Crippen molar-refractivity contribution >= 4 is 24.2 Å². The fourth-order valence-electron chi connectivity index (χ4n) is 1.95. The zero-order chi connectivity index (χ0) is 14.2. The van der Waals surface area contributed by atoms with E-state index in [0.29, 0.717) is 18.0 Å². The molecule has 1 amide bonds. The molecular weight excluding hydrogens is 296 g/mol. The number of carbonyl (C=O) groups excluding carboxylic acids is 1. The number of morpholine rings is 1. The lowest BCUT2D eigenvalue weighted by molar-refractivity contribution is 0.0290. The van der Waals surface area contributed by atoms with E-state index in [1.807, 2.05) is 12.1 Å². The topological polar surface area (TPSA) is 60.0 Å². The highest BCUT2D eigenvalue weighted by Crippen LogP contribution is 2.16. The number of hydrogen-bond donors (Lipinski definition) is 1. The van der Waals surface area contributed by atoms with E-state index < -0.39 is 6.09 Å². The molecule has 0 bridgehead atoms. The van der Waals surface area contributed by atoms with Gasteiger partial charge in [-0.15, -0.1) is 12.4 Å². The highest BCUT2D eigenvalue weighted by Gasteiger charge is 2.11. The monoisotopic (exact) mass is 316 g/mol. The van der Waals surface area contributed by atoms with Gasteiger partial charge in [-0.1, -0.05) is 6.07 Å². The van der Waals surface area contributed by atoms with Crippen LogP contribution >= 0.6 is 12.4 Å². The Balaban J connectivity index is 0.00000220. The molecule has 1 N–H and O–H groups in total. The quantitative estimate of drug-likeness (QED) is 0.900. The summed E-state index contributed by atoms with van der Waals surface area (Å²) in [7, 11) is 1.58. The van der Waals surface area contributed by atoms with Gasteiger partial charge in [0.15, 0.2) is 0 Å². The van der Waals surface area contributed by atoms with E-state index >= 15 is 0 Å². The molecule has 1 saturated heterocycles. The van der Waals surface area contributed by atoms with Crippen molar-refractivity contribution in [2.24, 2.45) is 0 Å². The first kappa shape index (κ1) is 17.6. The summed E-state index contributed by atoms with van der Waals surface area (Å²) in [4.78, 5) is 13.8. The Hall–Kier alpha value is -1.50. The second-order valence-electron chi connectivity index (χ2n) is 4.45. The Morgan fingerprint density at radius 1 is 1.38 bits per heavy atom. The summed E-state index contributed by atoms with van der Waals surface area (Å²) in [5.41, 5.74) is 0.653. The van der Waals surface area contributed by atoms with Crippen LogP contribution in [0.25, 0.3) is 0 Å². The molecule has 1 heterocycles. The van der Waals surface area contributed by atoms with Crippen LogP contribution < -0.4 is 10.1 Å². The van der Waals surface area contributed by atoms with Crippen LogP contribution in [0.5, 0.6) is 5.75 Å². The summed E-state index contributed by atoms with van der Waals surface area (Å²) >= 11 is 0. The minimum Gasteiger partial charge on any atom is -0.497 e. The van der Waals surface area contributed by atoms with Gasteiger partial charge in [-0.25, -0.2) is 4.79 Å². The summed E-state index contributed by atoms with van der Waals surface area (Å²) in [5, 5.41) is 2.67. The molecule has 21 heavy (non-hydrogen) atoms. The lowest BCUT2D eigenvalue weighted by atomic mass is 10.3. The predicted molar refractivity (Wildman–Crippen MR) is 82.5 cm³/mol. The van der Waals surface area contributed by atoms with E-state index in [0.717, 1.165) is 32.8 Å². The third-order valence-electron chi connectivity index (χ3n) is 3.06. The van der Waals surface area contributed by atoms with E-state index in [2.05, 4.69) is 10.2 Å². The number of halogens is 1. The number of ether oxygens (including phenoxy) is 3. The summed E-state index contributed by atoms with van der Waals surface area (Å²) in [6, 6.07) is 7.14. The van der Waals surface area contributed by atoms with Crippen LogP contribution in [0.2, 0.25) is 0 Å². The van der Waals surface area contributed by atoms with Gasteiger partial charge in [0.25, 0.3) is 0 Å². The Morgan fingerprint density at radius 3 is 2.86 bits per heavy atom. The average Bonchev–Trinajstić information content (AvgIpc) is 2.48. The first-order valence-electron chi connectivity index (χ1n) is 6.66. The van der Waals surface area contributed by atoms with Gasteiger partial charge in [0.05, 0.1) is 20.3 Å². The van der Waals surface area contributed by atoms with Gasteiger partial charge >= 0.3 is 6.09 Å². The van der Waals surface area contributed by atoms with Crippen LogP contribution in [0.15, 0.2) is 24.3 Å². The molecule has 118 valence electrons. The number of benzene rings is 1. The lowest BCUT2D eigenvalue weighted by Crippen LogP contribution is -2.38. The number of methoxy groups -OCH3 is 1. The van der Waals surface area contributed by atoms with Crippen LogP contribution in [0.1, 0.15) is 0 Å². The van der Waals surface area contributed by atoms with E-state index in [4.69, 9.17) is 14.2 Å². The van der Waals surface area contributed by atoms with E-state index in [-0.39, 0.29) is 12.4 Å². The highest BCUT2D eigenvalue weighted by molar-refractivity contribution is 5.85. The molecular formula is C14H21ClN2O4. The second-order valence-corrected chi connectivity index (χ2v) is 4.45. The minimum atomic E-state index is -0.452. The molecule has 0 radical (unpaired) electrons. The highest BCUT2D eigenvalue weighted by atomic mass is 35.5. The van der Waals surface area contributed by atoms with Gasteiger partial charge < -0.3 is 14.2 Å². The minimum absolute atomic E-state index is 0. The molecule has 1 fully saturated rings. The zero-order valence-corrected chi connectivity index (χ0v) is 12.9. The van der Waals surface area contributed by atoms with E-state index in [9.17, 15) is 4.79 Å². The molecule has 0 atom stereocenters. The lowest BCUT2D eigenvalue weighted by Gasteiger charge is -2.26. The smallest absolute Gasteiger partial charge is 0.411 e. The molecule has 0 unspecified atom stereocenters. The fraction of sp³-hybridized carbons (Fsp3) is 0.500. The fourth-order valence-corrected chi connectivity index (χ4v) is 1.95. The molecule has 0 aliphatic carbocycles. The van der Waals surface area contributed by atoms with Gasteiger partial charge in [-0.2, -0.15) is 0 Å². The standard InChI is InChI=1S/C14H20N2O4.ClH/c1-18-13-4-2-3-12(11-13)15-14(17)20-10-7-16-5-8-19-9-6-16;/h2-4,11H,5-10H2,1H3,(H,15,17);1H. The number of hydrogen-bond acceptors (Lipinski definition) is 5. The summed E-state index contributed by atoms with van der Waals surface area (Å²) in [5.74, 6) is 0.691. The maximum Gasteiger partial charge on any atom is 0.411 e. The Morgan fingerprint density at radius 2 is 2.14 bits per heavy atom. The molecule has 0 spiro atoms. The third kappa shape index (κ3) is 6.20. The van der Waals surface area contributed by atoms with Crippen molar-refractivity contribution < 1.29 is 19.0 Å². The van der Waals surface area contributed by atoms with Crippen LogP contribution in [-0.2, 0) is 9.47 Å². The average molecular weight is 317 g/mol. The molecule has 1 aromatic rings. The van der Waals surface area contributed by atoms with E-state index in [1.165, 1.54) is 0 Å². The number of anilines is 1. The van der Waals surface area contributed by atoms with Gasteiger partial charge in [-0.3, -0.25) is 10.2 Å². The second kappa shape index (κ2) is 9.44. The molecule has 0 saturated carbocycles. The van der Waals surface area contributed by atoms with E-state index in [1.54, 1.807) is 19.2 Å². The number of amides is 1. The van der Waals surface area contributed by atoms with Crippen molar-refractivity contribution in [3.05, 3.63) is 24.3 Å². The Labute approximate surface area is 130 Å². The van der Waals surface area contributed by atoms with Crippen LogP contribution in [0, 0.1) is 0 Å². The summed E-state index contributed by atoms with van der Waals surface area (Å²) < 4.78 is 15.5. The molecule has 2 rings (SSSR count). The first-order chi connectivity index (χ1) is 9.78. The van der Waals surface area contributed by atoms with Crippen molar-refractivity contribution in [3.63, 3.8) is 0 Å². The van der Waals surface area contributed by atoms with Gasteiger partial charge in [-0.05, 0) is 12.1 Å². The molecule has 7 heteroatoms. The number of carbonyl (C=O) groups is 1. The molecule has 1 aliphatic rings. The SMILES string of the molecule is COc1cccc(NC(=O)OCCN2CCOCC2)c1.Cl. The Kier molecular flexibility index (Phi) is 7.89. The molecule has 0 aromatic heterocycles. The summed E-state index contributed by atoms with van der Waals surface area (Å²) in [6.07, 6.45) is -0.452. The molecule has 1 aliphatic heterocycles. The zero-order valence-electron chi connectivity index (χ0n) is 12.0. The molecule has 6 nitrogen and oxygen atoms in total. The first-order valence-corrected chi connectivity index (χ1v) is 6.66. The molecule has 1 aromatic carbocycles. The number of rotatable bonds is 5. The van der Waals surface area contributed by atoms with Crippen molar-refractivity contribution in [1.82, 2.24) is 4.90 Å². The van der Waals surface area contributed by atoms with Gasteiger partial charge in [0.2, 0.25) is 0 Å². The summed E-state index contributed by atoms with van der Waals surface area (Å²) in [6.45, 7) is 4.37. The number of nitrogens with one attached hydrogen (secondary N) is 1. The van der Waals surface area contributed by atoms with Crippen molar-refractivity contribution in [2.75, 3.05) is 51.9 Å². The predicted octanol–water partition coefficient (Wildman–Crippen LogP) is 2.00. The Bertz CT molecular complexity index is 439. The maximum atomic E-state index is 11.6. The maximum absolute atomic E-state index is 11.6. The number of nitrogens with zero attached hydrogens (tertiary/aromatic N) is 1. The van der Waals surface area contributed by atoms with Crippen LogP contribution in [-0.4, -0.2) is 57.6 Å². The largest absolute Gasteiger partial charge is 0.497 e. The van der Waals surface area contributed by atoms with Crippen molar-refractivity contribution in [1.29, 1.82) is 0 Å². The van der Waals surface area contributed by atoms with Gasteiger partial charge in [0.1, 0.15) is 12.4 Å².